The van der Waals surface area contributed by atoms with Crippen LogP contribution in [0.2, 0.25) is 0 Å². The Kier molecular flexibility index (Phi) is 7.09. The van der Waals surface area contributed by atoms with Gasteiger partial charge < -0.3 is 10.6 Å². The zero-order valence-electron chi connectivity index (χ0n) is 22.1. The molecule has 4 amide bonds. The van der Waals surface area contributed by atoms with Gasteiger partial charge in [-0.1, -0.05) is 0 Å². The van der Waals surface area contributed by atoms with Crippen LogP contribution < -0.4 is 15.5 Å². The maximum absolute atomic E-state index is 13.2. The molecular formula is C32H23N3O6. The summed E-state index contributed by atoms with van der Waals surface area (Å²) < 4.78 is 0. The number of hydrogen-bond donors (Lipinski definition) is 2. The molecule has 9 nitrogen and oxygen atoms in total. The van der Waals surface area contributed by atoms with Gasteiger partial charge in [0.15, 0.2) is 11.6 Å². The summed E-state index contributed by atoms with van der Waals surface area (Å²) >= 11 is 0. The molecule has 1 aliphatic rings. The first-order valence-electron chi connectivity index (χ1n) is 12.6. The predicted molar refractivity (Wildman–Crippen MR) is 153 cm³/mol. The molecule has 4 aromatic rings. The second-order valence-electron chi connectivity index (χ2n) is 9.43. The van der Waals surface area contributed by atoms with Gasteiger partial charge in [0.25, 0.3) is 23.6 Å². The van der Waals surface area contributed by atoms with Gasteiger partial charge in [0.1, 0.15) is 0 Å². The van der Waals surface area contributed by atoms with Crippen LogP contribution in [0.1, 0.15) is 76.0 Å². The molecule has 202 valence electrons. The number of imide groups is 1. The van der Waals surface area contributed by atoms with Crippen molar-refractivity contribution in [3.8, 4) is 0 Å². The standard InChI is InChI=1S/C32H23N3O6/c1-18(36)20-3-10-24(11-4-20)33-29(38)22-7-14-26(15-8-22)35-31(40)27-16-9-23(17-28(27)32(35)41)30(39)34-25-12-5-21(6-13-25)19(2)37/h3-17H,1-2H3,(H,33,38)(H,34,39). The van der Waals surface area contributed by atoms with E-state index in [4.69, 9.17) is 0 Å². The third-order valence-electron chi connectivity index (χ3n) is 6.64. The van der Waals surface area contributed by atoms with Gasteiger partial charge in [-0.25, -0.2) is 4.90 Å². The summed E-state index contributed by atoms with van der Waals surface area (Å²) in [6.45, 7) is 2.91. The van der Waals surface area contributed by atoms with Crippen molar-refractivity contribution in [3.63, 3.8) is 0 Å². The lowest BCUT2D eigenvalue weighted by Crippen LogP contribution is -2.29. The van der Waals surface area contributed by atoms with Crippen LogP contribution in [0.5, 0.6) is 0 Å². The minimum Gasteiger partial charge on any atom is -0.322 e. The number of rotatable bonds is 7. The molecule has 5 rings (SSSR count). The van der Waals surface area contributed by atoms with Gasteiger partial charge in [-0.15, -0.1) is 0 Å². The topological polar surface area (TPSA) is 130 Å². The van der Waals surface area contributed by atoms with E-state index in [1.807, 2.05) is 0 Å². The fourth-order valence-corrected chi connectivity index (χ4v) is 4.36. The van der Waals surface area contributed by atoms with Crippen LogP contribution in [-0.2, 0) is 0 Å². The third kappa shape index (κ3) is 5.41. The van der Waals surface area contributed by atoms with E-state index in [0.29, 0.717) is 28.1 Å². The van der Waals surface area contributed by atoms with Gasteiger partial charge in [0.05, 0.1) is 16.8 Å². The Labute approximate surface area is 234 Å². The number of nitrogens with zero attached hydrogens (tertiary/aromatic N) is 1. The highest BCUT2D eigenvalue weighted by Gasteiger charge is 2.37. The van der Waals surface area contributed by atoms with Crippen molar-refractivity contribution in [1.29, 1.82) is 0 Å². The molecule has 0 bridgehead atoms. The predicted octanol–water partition coefficient (Wildman–Crippen LogP) is 5.40. The van der Waals surface area contributed by atoms with Crippen molar-refractivity contribution in [2.24, 2.45) is 0 Å². The summed E-state index contributed by atoms with van der Waals surface area (Å²) in [5.74, 6) is -2.19. The molecule has 0 atom stereocenters. The maximum atomic E-state index is 13.2. The molecule has 9 heteroatoms. The number of Topliss-reactive ketones (excluding diaryl/α,β-unsaturated/α-hetero) is 2. The van der Waals surface area contributed by atoms with E-state index in [9.17, 15) is 28.8 Å². The van der Waals surface area contributed by atoms with Gasteiger partial charge in [-0.2, -0.15) is 0 Å². The van der Waals surface area contributed by atoms with E-state index in [1.54, 1.807) is 48.5 Å². The van der Waals surface area contributed by atoms with Crippen molar-refractivity contribution in [2.75, 3.05) is 15.5 Å². The molecule has 0 aliphatic carbocycles. The van der Waals surface area contributed by atoms with Gasteiger partial charge in [0, 0.05) is 33.6 Å². The third-order valence-corrected chi connectivity index (χ3v) is 6.64. The minimum absolute atomic E-state index is 0.0802. The average Bonchev–Trinajstić information content (AvgIpc) is 3.22. The lowest BCUT2D eigenvalue weighted by Gasteiger charge is -2.14. The van der Waals surface area contributed by atoms with E-state index >= 15 is 0 Å². The van der Waals surface area contributed by atoms with E-state index in [-0.39, 0.29) is 33.9 Å². The number of nitrogens with one attached hydrogen (secondary N) is 2. The molecule has 1 aliphatic heterocycles. The molecule has 0 saturated heterocycles. The van der Waals surface area contributed by atoms with E-state index < -0.39 is 23.6 Å². The molecule has 0 fully saturated rings. The highest BCUT2D eigenvalue weighted by atomic mass is 16.2. The first kappa shape index (κ1) is 26.9. The van der Waals surface area contributed by atoms with Crippen molar-refractivity contribution in [3.05, 3.63) is 124 Å². The van der Waals surface area contributed by atoms with Crippen molar-refractivity contribution in [1.82, 2.24) is 0 Å². The highest BCUT2D eigenvalue weighted by Crippen LogP contribution is 2.30. The number of carbonyl (C=O) groups excluding carboxylic acids is 6. The normalized spacial score (nSPS) is 12.1. The number of fused-ring (bicyclic) bond motifs is 1. The fraction of sp³-hybridized carbons (Fsp3) is 0.0625. The number of hydrogen-bond acceptors (Lipinski definition) is 6. The molecule has 0 spiro atoms. The minimum atomic E-state index is -0.590. The molecule has 4 aromatic carbocycles. The van der Waals surface area contributed by atoms with Gasteiger partial charge >= 0.3 is 0 Å². The molecule has 0 saturated carbocycles. The molecule has 0 radical (unpaired) electrons. The Balaban J connectivity index is 1.29. The Morgan fingerprint density at radius 3 is 1.41 bits per heavy atom. The number of carbonyl (C=O) groups is 6. The van der Waals surface area contributed by atoms with Crippen LogP contribution in [0.25, 0.3) is 0 Å². The van der Waals surface area contributed by atoms with Crippen LogP contribution in [0, 0.1) is 0 Å². The first-order chi connectivity index (χ1) is 19.6. The van der Waals surface area contributed by atoms with Crippen LogP contribution in [0.3, 0.4) is 0 Å². The van der Waals surface area contributed by atoms with Crippen LogP contribution in [0.15, 0.2) is 91.0 Å². The van der Waals surface area contributed by atoms with Crippen LogP contribution in [0.4, 0.5) is 17.1 Å². The highest BCUT2D eigenvalue weighted by molar-refractivity contribution is 6.35. The summed E-state index contributed by atoms with van der Waals surface area (Å²) in [6, 6.07) is 23.1. The van der Waals surface area contributed by atoms with E-state index in [2.05, 4.69) is 10.6 Å². The smallest absolute Gasteiger partial charge is 0.266 e. The Morgan fingerprint density at radius 1 is 0.512 bits per heavy atom. The second kappa shape index (κ2) is 10.8. The number of benzene rings is 4. The molecular weight excluding hydrogens is 522 g/mol. The Bertz CT molecular complexity index is 1740. The van der Waals surface area contributed by atoms with Crippen molar-refractivity contribution < 1.29 is 28.8 Å². The van der Waals surface area contributed by atoms with Gasteiger partial charge in [0.2, 0.25) is 0 Å². The zero-order chi connectivity index (χ0) is 29.3. The van der Waals surface area contributed by atoms with E-state index in [1.165, 1.54) is 56.3 Å². The number of amides is 4. The molecule has 1 heterocycles. The van der Waals surface area contributed by atoms with Gasteiger partial charge in [-0.3, -0.25) is 28.8 Å². The molecule has 2 N–H and O–H groups in total. The Hall–Kier alpha value is -5.70. The lowest BCUT2D eigenvalue weighted by atomic mass is 10.1. The number of ketones is 2. The summed E-state index contributed by atoms with van der Waals surface area (Å²) in [4.78, 5) is 75.7. The quantitative estimate of drug-likeness (QED) is 0.236. The summed E-state index contributed by atoms with van der Waals surface area (Å²) in [5.41, 5.74) is 3.04. The van der Waals surface area contributed by atoms with Crippen LogP contribution >= 0.6 is 0 Å². The summed E-state index contributed by atoms with van der Waals surface area (Å²) in [7, 11) is 0. The van der Waals surface area contributed by atoms with Crippen molar-refractivity contribution >= 4 is 52.3 Å². The number of anilines is 3. The summed E-state index contributed by atoms with van der Waals surface area (Å²) in [5, 5.41) is 5.45. The zero-order valence-corrected chi connectivity index (χ0v) is 22.1. The molecule has 0 unspecified atom stereocenters. The maximum Gasteiger partial charge on any atom is 0.266 e. The van der Waals surface area contributed by atoms with Crippen LogP contribution in [-0.4, -0.2) is 35.2 Å². The van der Waals surface area contributed by atoms with Gasteiger partial charge in [-0.05, 0) is 105 Å². The summed E-state index contributed by atoms with van der Waals surface area (Å²) in [6.07, 6.45) is 0. The van der Waals surface area contributed by atoms with Crippen molar-refractivity contribution in [2.45, 2.75) is 13.8 Å². The molecule has 0 aromatic heterocycles. The fourth-order valence-electron chi connectivity index (χ4n) is 4.36. The first-order valence-corrected chi connectivity index (χ1v) is 12.6. The average molecular weight is 546 g/mol. The molecule has 41 heavy (non-hydrogen) atoms. The second-order valence-corrected chi connectivity index (χ2v) is 9.43. The lowest BCUT2D eigenvalue weighted by molar-refractivity contribution is 0.0922. The monoisotopic (exact) mass is 545 g/mol. The Morgan fingerprint density at radius 2 is 0.927 bits per heavy atom. The SMILES string of the molecule is CC(=O)c1ccc(NC(=O)c2ccc(N3C(=O)c4ccc(C(=O)Nc5ccc(C(C)=O)cc5)cc4C3=O)cc2)cc1. The van der Waals surface area contributed by atoms with E-state index in [0.717, 1.165) is 4.90 Å². The largest absolute Gasteiger partial charge is 0.322 e.